The van der Waals surface area contributed by atoms with Gasteiger partial charge >= 0.3 is 6.18 Å². The molecule has 0 N–H and O–H groups in total. The van der Waals surface area contributed by atoms with Crippen LogP contribution in [0.4, 0.5) is 13.2 Å². The maximum Gasteiger partial charge on any atom is 0.394 e. The van der Waals surface area contributed by atoms with Gasteiger partial charge in [0.15, 0.2) is 0 Å². The van der Waals surface area contributed by atoms with E-state index in [1.807, 2.05) is 6.92 Å². The Kier molecular flexibility index (Phi) is 5.29. The predicted molar refractivity (Wildman–Crippen MR) is 40.7 cm³/mol. The van der Waals surface area contributed by atoms with Crippen molar-refractivity contribution in [1.29, 1.82) is 0 Å². The predicted octanol–water partition coefficient (Wildman–Crippen LogP) is 2.96. The van der Waals surface area contributed by atoms with Gasteiger partial charge in [0.25, 0.3) is 0 Å². The molecule has 4 heteroatoms. The summed E-state index contributed by atoms with van der Waals surface area (Å²) in [5.41, 5.74) is 0. The Morgan fingerprint density at radius 3 is 2.42 bits per heavy atom. The van der Waals surface area contributed by atoms with E-state index in [2.05, 4.69) is 0 Å². The van der Waals surface area contributed by atoms with Crippen molar-refractivity contribution in [1.82, 2.24) is 0 Å². The fourth-order valence-electron chi connectivity index (χ4n) is 0.797. The summed E-state index contributed by atoms with van der Waals surface area (Å²) in [5.74, 6) is 0. The van der Waals surface area contributed by atoms with Crippen LogP contribution in [0.25, 0.3) is 0 Å². The van der Waals surface area contributed by atoms with Crippen molar-refractivity contribution in [2.75, 3.05) is 6.61 Å². The van der Waals surface area contributed by atoms with Gasteiger partial charge in [-0.3, -0.25) is 0 Å². The quantitative estimate of drug-likeness (QED) is 0.636. The van der Waals surface area contributed by atoms with Crippen molar-refractivity contribution < 1.29 is 17.9 Å². The second kappa shape index (κ2) is 5.41. The van der Waals surface area contributed by atoms with Gasteiger partial charge in [-0.2, -0.15) is 13.2 Å². The van der Waals surface area contributed by atoms with Crippen LogP contribution in [0.2, 0.25) is 0 Å². The highest BCUT2D eigenvalue weighted by atomic mass is 19.4. The highest BCUT2D eigenvalue weighted by molar-refractivity contribution is 4.73. The van der Waals surface area contributed by atoms with Gasteiger partial charge in [0, 0.05) is 0 Å². The van der Waals surface area contributed by atoms with Crippen LogP contribution >= 0.6 is 0 Å². The van der Waals surface area contributed by atoms with E-state index in [-0.39, 0.29) is 19.1 Å². The Morgan fingerprint density at radius 1 is 1.42 bits per heavy atom. The van der Waals surface area contributed by atoms with E-state index in [1.54, 1.807) is 6.92 Å². The summed E-state index contributed by atoms with van der Waals surface area (Å²) in [4.78, 5) is 0. The summed E-state index contributed by atoms with van der Waals surface area (Å²) in [6.07, 6.45) is -2.36. The van der Waals surface area contributed by atoms with E-state index in [0.717, 1.165) is 12.8 Å². The lowest BCUT2D eigenvalue weighted by Crippen LogP contribution is -2.16. The minimum atomic E-state index is -4.22. The van der Waals surface area contributed by atoms with Crippen molar-refractivity contribution in [3.8, 4) is 0 Å². The van der Waals surface area contributed by atoms with Gasteiger partial charge in [0.2, 0.25) is 0 Å². The topological polar surface area (TPSA) is 9.23 Å². The fourth-order valence-corrected chi connectivity index (χ4v) is 0.797. The molecule has 0 heterocycles. The third-order valence-electron chi connectivity index (χ3n) is 1.39. The first-order valence-corrected chi connectivity index (χ1v) is 3.98. The van der Waals surface area contributed by atoms with E-state index in [0.29, 0.717) is 0 Å². The van der Waals surface area contributed by atoms with Crippen LogP contribution in [0.15, 0.2) is 0 Å². The lowest BCUT2D eigenvalue weighted by molar-refractivity contribution is -0.108. The monoisotopic (exact) mass is 183 g/mol. The van der Waals surface area contributed by atoms with E-state index in [1.165, 1.54) is 0 Å². The molecule has 73 valence electrons. The maximum absolute atomic E-state index is 11.6. The van der Waals surface area contributed by atoms with Gasteiger partial charge < -0.3 is 4.74 Å². The summed E-state index contributed by atoms with van der Waals surface area (Å²) < 4.78 is 39.6. The van der Waals surface area contributed by atoms with Gasteiger partial charge in [0.1, 0.15) is 0 Å². The largest absolute Gasteiger partial charge is 0.394 e. The summed E-state index contributed by atoms with van der Waals surface area (Å²) in [6, 6.07) is 0. The molecule has 1 nitrogen and oxygen atoms in total. The Bertz CT molecular complexity index is 111. The first-order chi connectivity index (χ1) is 5.45. The minimum absolute atomic E-state index is 0.0893. The number of hydrogen-bond donors (Lipinski definition) is 0. The van der Waals surface area contributed by atoms with Gasteiger partial charge in [-0.05, 0) is 13.3 Å². The van der Waals surface area contributed by atoms with E-state index in [4.69, 9.17) is 4.74 Å². The van der Waals surface area contributed by atoms with E-state index < -0.39 is 6.18 Å². The van der Waals surface area contributed by atoms with Gasteiger partial charge in [-0.15, -0.1) is 0 Å². The highest BCUT2D eigenvalue weighted by Crippen LogP contribution is 2.18. The van der Waals surface area contributed by atoms with Crippen LogP contribution in [0.1, 0.15) is 26.7 Å². The van der Waals surface area contributed by atoms with Crippen LogP contribution in [0.3, 0.4) is 0 Å². The zero-order valence-corrected chi connectivity index (χ0v) is 7.32. The third-order valence-corrected chi connectivity index (χ3v) is 1.39. The van der Waals surface area contributed by atoms with Gasteiger partial charge in [0.05, 0.1) is 19.1 Å². The summed E-state index contributed by atoms with van der Waals surface area (Å²) >= 11 is 0. The van der Waals surface area contributed by atoms with E-state index in [9.17, 15) is 13.2 Å². The van der Waals surface area contributed by atoms with Crippen molar-refractivity contribution >= 4 is 0 Å². The normalized spacial score (nSPS) is 14.8. The molecule has 0 saturated heterocycles. The lowest BCUT2D eigenvalue weighted by atomic mass is 10.2. The molecule has 0 aromatic rings. The number of hydrogen-bond acceptors (Lipinski definition) is 1. The molecule has 1 atom stereocenters. The molecule has 0 rings (SSSR count). The number of alkyl halides is 3. The minimum Gasteiger partial charge on any atom is -0.378 e. The Hall–Kier alpha value is -0.250. The molecular weight excluding hydrogens is 169 g/mol. The molecule has 0 aliphatic heterocycles. The molecule has 0 saturated carbocycles. The average Bonchev–Trinajstić information content (AvgIpc) is 1.84. The molecule has 1 radical (unpaired) electrons. The van der Waals surface area contributed by atoms with Crippen LogP contribution in [-0.4, -0.2) is 18.9 Å². The number of rotatable bonds is 5. The van der Waals surface area contributed by atoms with Gasteiger partial charge in [-0.25, -0.2) is 0 Å². The van der Waals surface area contributed by atoms with Gasteiger partial charge in [-0.1, -0.05) is 13.3 Å². The summed E-state index contributed by atoms with van der Waals surface area (Å²) in [7, 11) is 0. The first kappa shape index (κ1) is 11.8. The fraction of sp³-hybridized carbons (Fsp3) is 0.875. The van der Waals surface area contributed by atoms with Crippen LogP contribution in [0, 0.1) is 6.42 Å². The summed E-state index contributed by atoms with van der Waals surface area (Å²) in [5, 5.41) is 0. The zero-order valence-electron chi connectivity index (χ0n) is 7.32. The molecule has 0 aliphatic carbocycles. The van der Waals surface area contributed by atoms with Crippen LogP contribution < -0.4 is 0 Å². The molecule has 0 amide bonds. The number of halogens is 3. The van der Waals surface area contributed by atoms with Crippen LogP contribution in [-0.2, 0) is 4.74 Å². The maximum atomic E-state index is 11.6. The average molecular weight is 183 g/mol. The smallest absolute Gasteiger partial charge is 0.378 e. The zero-order chi connectivity index (χ0) is 9.61. The van der Waals surface area contributed by atoms with Crippen molar-refractivity contribution in [2.24, 2.45) is 0 Å². The molecule has 0 fully saturated rings. The highest BCUT2D eigenvalue weighted by Gasteiger charge is 2.27. The first-order valence-electron chi connectivity index (χ1n) is 3.98. The summed E-state index contributed by atoms with van der Waals surface area (Å²) in [6.45, 7) is 3.39. The van der Waals surface area contributed by atoms with Crippen molar-refractivity contribution in [3.63, 3.8) is 0 Å². The Labute approximate surface area is 70.9 Å². The molecule has 0 spiro atoms. The molecule has 12 heavy (non-hydrogen) atoms. The molecular formula is C8H14F3O. The van der Waals surface area contributed by atoms with Crippen molar-refractivity contribution in [2.45, 2.75) is 39.0 Å². The second-order valence-corrected chi connectivity index (χ2v) is 2.68. The SMILES string of the molecule is CCCC(C)OC[CH]C(F)(F)F. The molecule has 0 aliphatic rings. The molecule has 1 unspecified atom stereocenters. The van der Waals surface area contributed by atoms with Crippen LogP contribution in [0.5, 0.6) is 0 Å². The molecule has 0 aromatic carbocycles. The molecule has 0 aromatic heterocycles. The standard InChI is InChI=1S/C8H14F3O/c1-3-4-7(2)12-6-5-8(9,10)11/h5,7H,3-4,6H2,1-2H3. The Balaban J connectivity index is 3.31. The number of ether oxygens (including phenoxy) is 1. The molecule has 0 bridgehead atoms. The van der Waals surface area contributed by atoms with Crippen molar-refractivity contribution in [3.05, 3.63) is 6.42 Å². The third kappa shape index (κ3) is 7.85. The second-order valence-electron chi connectivity index (χ2n) is 2.68. The lowest BCUT2D eigenvalue weighted by Gasteiger charge is -2.12. The Morgan fingerprint density at radius 2 is 2.00 bits per heavy atom. The van der Waals surface area contributed by atoms with E-state index >= 15 is 0 Å².